The number of aliphatic hydroxyl groups excluding tert-OH is 3. The number of ether oxygens (including phenoxy) is 2. The molecule has 6 rings (SSSR count). The van der Waals surface area contributed by atoms with E-state index in [0.29, 0.717) is 11.2 Å². The van der Waals surface area contributed by atoms with Gasteiger partial charge in [-0.15, -0.1) is 0 Å². The predicted octanol–water partition coefficient (Wildman–Crippen LogP) is -1.59. The van der Waals surface area contributed by atoms with Crippen LogP contribution < -0.4 is 11.5 Å². The molecule has 4 unspecified atom stereocenters. The van der Waals surface area contributed by atoms with Gasteiger partial charge in [0.1, 0.15) is 60.5 Å². The maximum atomic E-state index is 13.7. The van der Waals surface area contributed by atoms with Gasteiger partial charge in [0.2, 0.25) is 0 Å². The fourth-order valence-electron chi connectivity index (χ4n) is 5.05. The average molecular weight is 622 g/mol. The predicted molar refractivity (Wildman–Crippen MR) is 142 cm³/mol. The average Bonchev–Trinajstić information content (AvgIpc) is 3.74. The first-order valence-corrected chi connectivity index (χ1v) is 14.6. The van der Waals surface area contributed by atoms with Gasteiger partial charge in [0.05, 0.1) is 32.0 Å². The van der Waals surface area contributed by atoms with Gasteiger partial charge in [-0.3, -0.25) is 18.5 Å². The van der Waals surface area contributed by atoms with Crippen LogP contribution in [0.2, 0.25) is 0 Å². The van der Waals surface area contributed by atoms with Crippen molar-refractivity contribution in [1.82, 2.24) is 39.0 Å². The number of anilines is 2. The number of nitrogens with zero attached hydrogens (tertiary/aromatic N) is 8. The number of fused-ring (bicyclic) bond motifs is 2. The molecule has 2 aliphatic heterocycles. The van der Waals surface area contributed by atoms with Crippen LogP contribution in [0.4, 0.5) is 11.6 Å². The number of hydrogen-bond donors (Lipinski definition) is 6. The summed E-state index contributed by atoms with van der Waals surface area (Å²) in [6, 6.07) is 0. The number of imidazole rings is 2. The van der Waals surface area contributed by atoms with Crippen LogP contribution in [0.3, 0.4) is 0 Å². The first-order valence-electron chi connectivity index (χ1n) is 12.9. The van der Waals surface area contributed by atoms with Crippen LogP contribution in [0.1, 0.15) is 18.9 Å². The Morgan fingerprint density at radius 2 is 1.58 bits per heavy atom. The Hall–Kier alpha value is -3.88. The maximum Gasteiger partial charge on any atom is 0.342 e. The Morgan fingerprint density at radius 1 is 0.953 bits per heavy atom. The van der Waals surface area contributed by atoms with Gasteiger partial charge in [-0.05, 0) is 0 Å². The minimum Gasteiger partial charge on any atom is -0.481 e. The minimum absolute atomic E-state index is 0.00952. The third-order valence-electron chi connectivity index (χ3n) is 7.12. The summed E-state index contributed by atoms with van der Waals surface area (Å²) in [6.45, 7) is -1.17. The molecule has 0 amide bonds. The summed E-state index contributed by atoms with van der Waals surface area (Å²) in [5, 5.41) is 40.8. The van der Waals surface area contributed by atoms with Crippen molar-refractivity contribution in [2.75, 3.05) is 30.8 Å². The van der Waals surface area contributed by atoms with E-state index in [4.69, 9.17) is 30.0 Å². The summed E-state index contributed by atoms with van der Waals surface area (Å²) in [5.41, 5.74) is 12.8. The quantitative estimate of drug-likeness (QED) is 0.109. The van der Waals surface area contributed by atoms with Crippen molar-refractivity contribution in [2.24, 2.45) is 0 Å². The molecule has 0 bridgehead atoms. The van der Waals surface area contributed by atoms with Crippen LogP contribution in [-0.2, 0) is 27.9 Å². The molecule has 0 radical (unpaired) electrons. The van der Waals surface area contributed by atoms with E-state index in [2.05, 4.69) is 29.9 Å². The van der Waals surface area contributed by atoms with Crippen LogP contribution in [0.15, 0.2) is 25.3 Å². The van der Waals surface area contributed by atoms with E-state index in [9.17, 15) is 29.8 Å². The lowest BCUT2D eigenvalue weighted by atomic mass is 10.1. The van der Waals surface area contributed by atoms with E-state index in [0.717, 1.165) is 0 Å². The smallest absolute Gasteiger partial charge is 0.342 e. The lowest BCUT2D eigenvalue weighted by molar-refractivity contribution is -0.134. The van der Waals surface area contributed by atoms with Gasteiger partial charge in [0, 0.05) is 6.42 Å². The Balaban J connectivity index is 1.17. The van der Waals surface area contributed by atoms with E-state index < -0.39 is 75.9 Å². The SMILES string of the molecule is Nc1ncnc2c1ncn2[C@@H]1O[C@H](COP(=O)(CC(=O)O)OC2C[C@H](n3cnc4c(N)ncnc43)O[C@@H]2CO)C(O)C1O. The van der Waals surface area contributed by atoms with Gasteiger partial charge < -0.3 is 50.4 Å². The Labute approximate surface area is 240 Å². The second-order valence-electron chi connectivity index (χ2n) is 9.86. The van der Waals surface area contributed by atoms with Crippen molar-refractivity contribution in [3.8, 4) is 0 Å². The van der Waals surface area contributed by atoms with Crippen molar-refractivity contribution in [1.29, 1.82) is 0 Å². The topological polar surface area (TPSA) is 291 Å². The largest absolute Gasteiger partial charge is 0.481 e. The van der Waals surface area contributed by atoms with E-state index in [1.54, 1.807) is 0 Å². The highest BCUT2D eigenvalue weighted by Gasteiger charge is 2.47. The molecule has 2 aliphatic rings. The van der Waals surface area contributed by atoms with Crippen molar-refractivity contribution >= 4 is 47.5 Å². The van der Waals surface area contributed by atoms with Gasteiger partial charge >= 0.3 is 13.6 Å². The summed E-state index contributed by atoms with van der Waals surface area (Å²) in [7, 11) is -4.45. The van der Waals surface area contributed by atoms with Gasteiger partial charge in [0.15, 0.2) is 29.2 Å². The Morgan fingerprint density at radius 3 is 2.21 bits per heavy atom. The molecule has 0 saturated carbocycles. The summed E-state index contributed by atoms with van der Waals surface area (Å²) >= 11 is 0. The zero-order valence-electron chi connectivity index (χ0n) is 22.1. The van der Waals surface area contributed by atoms with Crippen molar-refractivity contribution in [3.63, 3.8) is 0 Å². The van der Waals surface area contributed by atoms with Crippen LogP contribution >= 0.6 is 7.60 Å². The van der Waals surface area contributed by atoms with Crippen LogP contribution in [0.25, 0.3) is 22.3 Å². The molecular formula is C22H27N10O10P. The summed E-state index contributed by atoms with van der Waals surface area (Å²) in [6.07, 6.45) is -4.24. The number of aromatic nitrogens is 8. The fraction of sp³-hybridized carbons (Fsp3) is 0.500. The first kappa shape index (κ1) is 29.2. The monoisotopic (exact) mass is 622 g/mol. The molecule has 4 aromatic rings. The molecule has 0 aliphatic carbocycles. The number of nitrogens with two attached hydrogens (primary N) is 2. The zero-order chi connectivity index (χ0) is 30.5. The number of aliphatic hydroxyl groups is 3. The van der Waals surface area contributed by atoms with Crippen LogP contribution in [0, 0.1) is 0 Å². The summed E-state index contributed by atoms with van der Waals surface area (Å²) < 4.78 is 39.4. The molecule has 43 heavy (non-hydrogen) atoms. The molecule has 21 heteroatoms. The van der Waals surface area contributed by atoms with Gasteiger partial charge in [-0.25, -0.2) is 29.9 Å². The van der Waals surface area contributed by atoms with E-state index in [1.807, 2.05) is 0 Å². The number of hydrogen-bond acceptors (Lipinski definition) is 17. The highest BCUT2D eigenvalue weighted by Crippen LogP contribution is 2.52. The van der Waals surface area contributed by atoms with Crippen molar-refractivity contribution in [2.45, 2.75) is 49.4 Å². The van der Waals surface area contributed by atoms with Crippen molar-refractivity contribution < 1.29 is 48.3 Å². The normalized spacial score (nSPS) is 29.0. The van der Waals surface area contributed by atoms with Gasteiger partial charge in [-0.1, -0.05) is 0 Å². The summed E-state index contributed by atoms with van der Waals surface area (Å²) in [5.74, 6) is -1.24. The van der Waals surface area contributed by atoms with Gasteiger partial charge in [0.25, 0.3) is 0 Å². The Bertz CT molecular complexity index is 1700. The lowest BCUT2D eigenvalue weighted by Crippen LogP contribution is -2.34. The number of rotatable bonds is 10. The molecule has 230 valence electrons. The van der Waals surface area contributed by atoms with E-state index >= 15 is 0 Å². The standard InChI is InChI=1S/C22H27N10O10P/c23-18-14-20(27-5-25-18)31(7-29-14)12-1-9(10(2-33)40-12)42-43(38,4-13(34)35)39-3-11-16(36)17(37)22(41-11)32-8-30-15-19(24)26-6-28-21(15)32/h5-12,16-17,22,33,36-37H,1-4H2,(H,34,35)(H2,23,25,27)(H2,24,26,28)/t9?,10-,11-,12-,16?,17?,22-,43?/m1/s1. The number of carbonyl (C=O) groups is 1. The van der Waals surface area contributed by atoms with E-state index in [1.165, 1.54) is 34.4 Å². The number of carboxylic acids is 1. The lowest BCUT2D eigenvalue weighted by Gasteiger charge is -2.25. The highest BCUT2D eigenvalue weighted by molar-refractivity contribution is 7.54. The molecule has 0 aromatic carbocycles. The molecule has 20 nitrogen and oxygen atoms in total. The third kappa shape index (κ3) is 5.38. The Kier molecular flexibility index (Phi) is 7.69. The maximum absolute atomic E-state index is 13.7. The third-order valence-corrected chi connectivity index (χ3v) is 8.91. The molecule has 2 saturated heterocycles. The van der Waals surface area contributed by atoms with Crippen LogP contribution in [-0.4, -0.2) is 115 Å². The van der Waals surface area contributed by atoms with Crippen molar-refractivity contribution in [3.05, 3.63) is 25.3 Å². The molecule has 6 heterocycles. The molecule has 2 fully saturated rings. The second kappa shape index (κ2) is 11.3. The first-order chi connectivity index (χ1) is 20.6. The number of aliphatic carboxylic acids is 1. The molecule has 8 atom stereocenters. The molecular weight excluding hydrogens is 595 g/mol. The zero-order valence-corrected chi connectivity index (χ0v) is 23.0. The molecule has 4 aromatic heterocycles. The number of nitrogen functional groups attached to an aromatic ring is 2. The summed E-state index contributed by atoms with van der Waals surface area (Å²) in [4.78, 5) is 35.9. The molecule has 0 spiro atoms. The van der Waals surface area contributed by atoms with Gasteiger partial charge in [-0.2, -0.15) is 0 Å². The highest BCUT2D eigenvalue weighted by atomic mass is 31.2. The number of carboxylic acid groups (broad SMARTS) is 1. The van der Waals surface area contributed by atoms with E-state index in [-0.39, 0.29) is 29.2 Å². The molecule has 8 N–H and O–H groups in total. The fourth-order valence-corrected chi connectivity index (χ4v) is 6.62. The minimum atomic E-state index is -4.45. The second-order valence-corrected chi connectivity index (χ2v) is 11.9. The van der Waals surface area contributed by atoms with Crippen LogP contribution in [0.5, 0.6) is 0 Å².